The lowest BCUT2D eigenvalue weighted by molar-refractivity contribution is -0.181. The Morgan fingerprint density at radius 1 is 1.20 bits per heavy atom. The maximum absolute atomic E-state index is 13.5. The second-order valence-corrected chi connectivity index (χ2v) is 13.1. The molecule has 12 nitrogen and oxygen atoms in total. The maximum atomic E-state index is 13.5. The van der Waals surface area contributed by atoms with E-state index in [0.717, 1.165) is 12.0 Å². The molecule has 1 aromatic rings. The van der Waals surface area contributed by atoms with Gasteiger partial charge in [-0.25, -0.2) is 9.78 Å². The standard InChI is InChI=1S/C32H41N3O9/c1-30-10-8-20(36)12-18(30)4-5-21-22-9-11-32(42,31(22,2)14-24(37)28(21)30)25(38)16-44-27(40)7-6-26(39)35-23(29(41)43-3)13-19-15-33-17-34-19/h8,10,12,15,17,21-24,28,37,42H,4-7,9,11,13-14,16H2,1-3H3,(H,33,34)(H,35,39)/t21-,22-,23-,24-,28+,30-,31-,32+/m0/s1. The zero-order chi connectivity index (χ0) is 31.9. The number of aromatic nitrogens is 2. The fourth-order valence-corrected chi connectivity index (χ4v) is 8.56. The first-order chi connectivity index (χ1) is 20.8. The number of hydrogen-bond donors (Lipinski definition) is 4. The molecule has 1 amide bonds. The van der Waals surface area contributed by atoms with Crippen LogP contribution in [-0.4, -0.2) is 81.1 Å². The highest BCUT2D eigenvalue weighted by Crippen LogP contribution is 2.67. The first-order valence-electron chi connectivity index (χ1n) is 15.2. The van der Waals surface area contributed by atoms with Gasteiger partial charge in [-0.15, -0.1) is 0 Å². The number of rotatable bonds is 10. The molecular formula is C32H41N3O9. The van der Waals surface area contributed by atoms with Gasteiger partial charge in [0.2, 0.25) is 11.7 Å². The fraction of sp³-hybridized carbons (Fsp3) is 0.625. The number of ether oxygens (including phenoxy) is 2. The van der Waals surface area contributed by atoms with Crippen molar-refractivity contribution in [3.05, 3.63) is 42.0 Å². The van der Waals surface area contributed by atoms with Gasteiger partial charge in [-0.3, -0.25) is 19.2 Å². The average molecular weight is 612 g/mol. The molecule has 0 saturated heterocycles. The molecule has 12 heteroatoms. The van der Waals surface area contributed by atoms with Crippen LogP contribution >= 0.6 is 0 Å². The Labute approximate surface area is 255 Å². The van der Waals surface area contributed by atoms with E-state index in [9.17, 15) is 34.2 Å². The lowest BCUT2D eigenvalue weighted by Gasteiger charge is -2.59. The van der Waals surface area contributed by atoms with Crippen molar-refractivity contribution in [2.45, 2.75) is 83.0 Å². The molecule has 1 heterocycles. The number of amides is 1. The molecule has 4 N–H and O–H groups in total. The number of esters is 2. The molecule has 238 valence electrons. The van der Waals surface area contributed by atoms with Crippen LogP contribution in [0.25, 0.3) is 0 Å². The largest absolute Gasteiger partial charge is 0.467 e. The minimum atomic E-state index is -1.78. The lowest BCUT2D eigenvalue weighted by atomic mass is 9.46. The first kappa shape index (κ1) is 31.8. The third-order valence-electron chi connectivity index (χ3n) is 10.8. The third kappa shape index (κ3) is 5.53. The lowest BCUT2D eigenvalue weighted by Crippen LogP contribution is -2.61. The Bertz CT molecular complexity index is 1390. The quantitative estimate of drug-likeness (QED) is 0.283. The van der Waals surface area contributed by atoms with E-state index in [1.807, 2.05) is 13.0 Å². The maximum Gasteiger partial charge on any atom is 0.328 e. The van der Waals surface area contributed by atoms with Crippen molar-refractivity contribution in [2.24, 2.45) is 28.6 Å². The molecular weight excluding hydrogens is 570 g/mol. The number of Topliss-reactive ketones (excluding diaryl/α,β-unsaturated/α-hetero) is 1. The second-order valence-electron chi connectivity index (χ2n) is 13.1. The minimum Gasteiger partial charge on any atom is -0.467 e. The monoisotopic (exact) mass is 611 g/mol. The van der Waals surface area contributed by atoms with Gasteiger partial charge < -0.3 is 30.0 Å². The summed E-state index contributed by atoms with van der Waals surface area (Å²) in [6, 6.07) is -0.979. The molecule has 3 fully saturated rings. The second kappa shape index (κ2) is 12.0. The van der Waals surface area contributed by atoms with Crippen molar-refractivity contribution in [3.63, 3.8) is 0 Å². The van der Waals surface area contributed by atoms with E-state index in [1.165, 1.54) is 19.6 Å². The zero-order valence-corrected chi connectivity index (χ0v) is 25.3. The molecule has 0 spiro atoms. The molecule has 4 aliphatic rings. The van der Waals surface area contributed by atoms with Crippen LogP contribution in [0, 0.1) is 28.6 Å². The van der Waals surface area contributed by atoms with E-state index < -0.39 is 58.8 Å². The Kier molecular flexibility index (Phi) is 8.69. The smallest absolute Gasteiger partial charge is 0.328 e. The van der Waals surface area contributed by atoms with Crippen molar-refractivity contribution < 1.29 is 43.7 Å². The Morgan fingerprint density at radius 2 is 1.98 bits per heavy atom. The van der Waals surface area contributed by atoms with Gasteiger partial charge in [-0.2, -0.15) is 0 Å². The van der Waals surface area contributed by atoms with E-state index in [0.29, 0.717) is 18.5 Å². The van der Waals surface area contributed by atoms with Crippen LogP contribution in [0.2, 0.25) is 0 Å². The van der Waals surface area contributed by atoms with E-state index >= 15 is 0 Å². The van der Waals surface area contributed by atoms with E-state index in [4.69, 9.17) is 9.47 Å². The highest BCUT2D eigenvalue weighted by molar-refractivity contribution is 6.01. The SMILES string of the molecule is COC(=O)[C@H](Cc1cnc[nH]1)NC(=O)CCC(=O)OCC(=O)[C@]1(O)CC[C@H]2[C@@H]3CCC4=CC(=O)C=C[C@]4(C)[C@H]3[C@@H](O)C[C@@]21C. The zero-order valence-electron chi connectivity index (χ0n) is 25.3. The topological polar surface area (TPSA) is 185 Å². The van der Waals surface area contributed by atoms with Crippen molar-refractivity contribution >= 4 is 29.4 Å². The molecule has 8 atom stereocenters. The van der Waals surface area contributed by atoms with Crippen LogP contribution in [0.4, 0.5) is 0 Å². The van der Waals surface area contributed by atoms with Crippen LogP contribution in [0.15, 0.2) is 36.3 Å². The summed E-state index contributed by atoms with van der Waals surface area (Å²) >= 11 is 0. The number of aliphatic hydroxyl groups excluding tert-OH is 1. The number of aliphatic hydroxyl groups is 2. The number of H-pyrrole nitrogens is 1. The predicted molar refractivity (Wildman–Crippen MR) is 154 cm³/mol. The molecule has 0 aliphatic heterocycles. The summed E-state index contributed by atoms with van der Waals surface area (Å²) < 4.78 is 9.95. The summed E-state index contributed by atoms with van der Waals surface area (Å²) in [5.74, 6) is -2.80. The summed E-state index contributed by atoms with van der Waals surface area (Å²) in [6.45, 7) is 3.26. The predicted octanol–water partition coefficient (Wildman–Crippen LogP) is 1.51. The van der Waals surface area contributed by atoms with Gasteiger partial charge in [-0.05, 0) is 56.1 Å². The van der Waals surface area contributed by atoms with Crippen LogP contribution in [-0.2, 0) is 39.9 Å². The van der Waals surface area contributed by atoms with Crippen LogP contribution in [0.1, 0.15) is 64.5 Å². The molecule has 0 radical (unpaired) electrons. The van der Waals surface area contributed by atoms with E-state index in [-0.39, 0.29) is 55.6 Å². The number of aromatic amines is 1. The highest BCUT2D eigenvalue weighted by Gasteiger charge is 2.68. The number of nitrogens with one attached hydrogen (secondary N) is 2. The van der Waals surface area contributed by atoms with Crippen LogP contribution in [0.3, 0.4) is 0 Å². The number of methoxy groups -OCH3 is 1. The van der Waals surface area contributed by atoms with Crippen molar-refractivity contribution in [1.82, 2.24) is 15.3 Å². The Hall–Kier alpha value is -3.64. The molecule has 4 aliphatic carbocycles. The number of imidazole rings is 1. The van der Waals surface area contributed by atoms with Gasteiger partial charge in [0.05, 0.1) is 26.0 Å². The van der Waals surface area contributed by atoms with E-state index in [1.54, 1.807) is 12.2 Å². The molecule has 0 bridgehead atoms. The number of ketones is 2. The molecule has 1 aromatic heterocycles. The van der Waals surface area contributed by atoms with Gasteiger partial charge in [0.25, 0.3) is 0 Å². The Morgan fingerprint density at radius 3 is 2.68 bits per heavy atom. The first-order valence-corrected chi connectivity index (χ1v) is 15.2. The fourth-order valence-electron chi connectivity index (χ4n) is 8.56. The van der Waals surface area contributed by atoms with Crippen LogP contribution < -0.4 is 5.32 Å². The summed E-state index contributed by atoms with van der Waals surface area (Å²) in [6.07, 6.45) is 9.31. The minimum absolute atomic E-state index is 0.0295. The summed E-state index contributed by atoms with van der Waals surface area (Å²) in [4.78, 5) is 69.3. The van der Waals surface area contributed by atoms with Crippen molar-refractivity contribution in [2.75, 3.05) is 13.7 Å². The number of nitrogens with zero attached hydrogens (tertiary/aromatic N) is 1. The van der Waals surface area contributed by atoms with Crippen molar-refractivity contribution in [3.8, 4) is 0 Å². The molecule has 0 aromatic carbocycles. The molecule has 44 heavy (non-hydrogen) atoms. The Balaban J connectivity index is 1.17. The van der Waals surface area contributed by atoms with Gasteiger partial charge >= 0.3 is 11.9 Å². The van der Waals surface area contributed by atoms with Gasteiger partial charge in [0.15, 0.2) is 12.4 Å². The normalized spacial score (nSPS) is 34.6. The van der Waals surface area contributed by atoms with E-state index in [2.05, 4.69) is 22.2 Å². The third-order valence-corrected chi connectivity index (χ3v) is 10.8. The summed E-state index contributed by atoms with van der Waals surface area (Å²) in [5, 5.41) is 25.9. The number of allylic oxidation sites excluding steroid dienone is 4. The van der Waals surface area contributed by atoms with Gasteiger partial charge in [0, 0.05) is 41.5 Å². The van der Waals surface area contributed by atoms with Gasteiger partial charge in [0.1, 0.15) is 11.6 Å². The summed E-state index contributed by atoms with van der Waals surface area (Å²) in [5.41, 5.74) is -1.52. The number of carbonyl (C=O) groups excluding carboxylic acids is 5. The molecule has 3 saturated carbocycles. The van der Waals surface area contributed by atoms with Gasteiger partial charge in [-0.1, -0.05) is 25.5 Å². The number of fused-ring (bicyclic) bond motifs is 5. The highest BCUT2D eigenvalue weighted by atomic mass is 16.5. The molecule has 5 rings (SSSR count). The molecule has 0 unspecified atom stereocenters. The van der Waals surface area contributed by atoms with Crippen molar-refractivity contribution in [1.29, 1.82) is 0 Å². The number of carbonyl (C=O) groups is 5. The average Bonchev–Trinajstić information content (AvgIpc) is 3.60. The summed E-state index contributed by atoms with van der Waals surface area (Å²) in [7, 11) is 1.20. The van der Waals surface area contributed by atoms with Crippen LogP contribution in [0.5, 0.6) is 0 Å². The number of hydrogen-bond acceptors (Lipinski definition) is 10.